The molecule has 4 heterocycles. The van der Waals surface area contributed by atoms with Gasteiger partial charge in [-0.3, -0.25) is 0 Å². The second-order valence-corrected chi connectivity index (χ2v) is 9.19. The second-order valence-electron chi connectivity index (χ2n) is 7.70. The number of fused-ring (bicyclic) bond motifs is 3. The monoisotopic (exact) mass is 471 g/mol. The zero-order chi connectivity index (χ0) is 21.8. The summed E-state index contributed by atoms with van der Waals surface area (Å²) in [5, 5.41) is 0.607. The minimum Gasteiger partial charge on any atom is -0.400 e. The van der Waals surface area contributed by atoms with Gasteiger partial charge in [-0.1, -0.05) is 30.0 Å². The summed E-state index contributed by atoms with van der Waals surface area (Å²) in [5.74, 6) is -3.03. The average molecular weight is 471 g/mol. The zero-order valence-electron chi connectivity index (χ0n) is 15.9. The highest BCUT2D eigenvalue weighted by Gasteiger charge is 2.59. The fourth-order valence-electron chi connectivity index (χ4n) is 4.49. The third-order valence-corrected chi connectivity index (χ3v) is 7.63. The molecule has 0 N–H and O–H groups in total. The Morgan fingerprint density at radius 2 is 1.90 bits per heavy atom. The molecule has 3 saturated heterocycles. The number of halogens is 3. The van der Waals surface area contributed by atoms with Gasteiger partial charge in [-0.2, -0.15) is 21.9 Å². The number of ether oxygens (including phenoxy) is 2. The van der Waals surface area contributed by atoms with Gasteiger partial charge in [0.15, 0.2) is 0 Å². The maximum atomic E-state index is 13.3. The van der Waals surface area contributed by atoms with Gasteiger partial charge >= 0.3 is 24.0 Å². The number of benzene rings is 1. The Labute approximate surface area is 183 Å². The number of piperidine rings is 1. The molecular formula is C19H16F3N3O4S2. The molecule has 0 radical (unpaired) electrons. The molecular weight excluding hydrogens is 455 g/mol. The summed E-state index contributed by atoms with van der Waals surface area (Å²) in [6.07, 6.45) is -3.37. The van der Waals surface area contributed by atoms with Crippen molar-refractivity contribution in [3.63, 3.8) is 0 Å². The van der Waals surface area contributed by atoms with Crippen molar-refractivity contribution in [2.75, 3.05) is 13.1 Å². The Bertz CT molecular complexity index is 1030. The van der Waals surface area contributed by atoms with Gasteiger partial charge in [0.05, 0.1) is 23.0 Å². The normalized spacial score (nSPS) is 26.9. The molecule has 0 saturated carbocycles. The molecule has 3 atom stereocenters. The number of nitrogens with zero attached hydrogens (tertiary/aromatic N) is 3. The van der Waals surface area contributed by atoms with Gasteiger partial charge < -0.3 is 9.47 Å². The first kappa shape index (κ1) is 20.7. The van der Waals surface area contributed by atoms with E-state index in [1.807, 2.05) is 4.90 Å². The maximum Gasteiger partial charge on any atom is 0.421 e. The Morgan fingerprint density at radius 1 is 1.16 bits per heavy atom. The van der Waals surface area contributed by atoms with E-state index in [0.717, 1.165) is 23.5 Å². The van der Waals surface area contributed by atoms with Crippen LogP contribution in [0.1, 0.15) is 35.6 Å². The lowest BCUT2D eigenvalue weighted by Crippen LogP contribution is -2.51. The van der Waals surface area contributed by atoms with Crippen LogP contribution in [0.2, 0.25) is 0 Å². The first-order chi connectivity index (χ1) is 14.8. The first-order valence-electron chi connectivity index (χ1n) is 9.58. The Balaban J connectivity index is 1.33. The van der Waals surface area contributed by atoms with Gasteiger partial charge in [-0.25, -0.2) is 14.5 Å². The Morgan fingerprint density at radius 3 is 2.65 bits per heavy atom. The summed E-state index contributed by atoms with van der Waals surface area (Å²) in [4.78, 5) is 25.0. The molecule has 0 amide bonds. The molecule has 2 bridgehead atoms. The molecule has 1 aromatic heterocycles. The Hall–Kier alpha value is -2.18. The van der Waals surface area contributed by atoms with Crippen LogP contribution in [0, 0.1) is 5.92 Å². The van der Waals surface area contributed by atoms with E-state index in [0.29, 0.717) is 31.0 Å². The molecule has 164 valence electrons. The van der Waals surface area contributed by atoms with Crippen molar-refractivity contribution < 1.29 is 32.2 Å². The van der Waals surface area contributed by atoms with E-state index in [1.54, 1.807) is 6.07 Å². The molecule has 5 rings (SSSR count). The van der Waals surface area contributed by atoms with E-state index in [2.05, 4.69) is 8.75 Å². The second kappa shape index (κ2) is 7.45. The lowest BCUT2D eigenvalue weighted by Gasteiger charge is -2.37. The molecule has 7 nitrogen and oxygen atoms in total. The summed E-state index contributed by atoms with van der Waals surface area (Å²) >= 11 is 2.25. The van der Waals surface area contributed by atoms with E-state index in [-0.39, 0.29) is 23.2 Å². The number of carbonyl (C=O) groups is 2. The van der Waals surface area contributed by atoms with Crippen LogP contribution in [0.3, 0.4) is 0 Å². The van der Waals surface area contributed by atoms with E-state index in [4.69, 9.17) is 9.47 Å². The van der Waals surface area contributed by atoms with Crippen LogP contribution in [0.15, 0.2) is 29.3 Å². The van der Waals surface area contributed by atoms with Gasteiger partial charge in [0.1, 0.15) is 5.03 Å². The van der Waals surface area contributed by atoms with Crippen molar-refractivity contribution in [2.45, 2.75) is 41.6 Å². The lowest BCUT2D eigenvalue weighted by atomic mass is 9.88. The zero-order valence-corrected chi connectivity index (χ0v) is 17.6. The third-order valence-electron chi connectivity index (χ3n) is 5.95. The molecule has 3 aliphatic rings. The molecule has 1 spiro atoms. The fraction of sp³-hybridized carbons (Fsp3) is 0.474. The quantitative estimate of drug-likeness (QED) is 0.381. The number of hydrogen-bond acceptors (Lipinski definition) is 9. The highest BCUT2D eigenvalue weighted by atomic mass is 32.2. The largest absolute Gasteiger partial charge is 0.421 e. The van der Waals surface area contributed by atoms with Crippen LogP contribution in [-0.2, 0) is 31.0 Å². The number of alkyl halides is 3. The van der Waals surface area contributed by atoms with Gasteiger partial charge in [-0.05, 0) is 24.0 Å². The van der Waals surface area contributed by atoms with Gasteiger partial charge in [0.2, 0.25) is 0 Å². The molecule has 31 heavy (non-hydrogen) atoms. The highest BCUT2D eigenvalue weighted by Crippen LogP contribution is 2.49. The van der Waals surface area contributed by atoms with Crippen LogP contribution >= 0.6 is 23.5 Å². The van der Waals surface area contributed by atoms with E-state index in [1.165, 1.54) is 23.9 Å². The highest BCUT2D eigenvalue weighted by molar-refractivity contribution is 7.98. The van der Waals surface area contributed by atoms with Crippen molar-refractivity contribution in [1.82, 2.24) is 13.6 Å². The van der Waals surface area contributed by atoms with Crippen LogP contribution in [0.4, 0.5) is 13.2 Å². The minimum absolute atomic E-state index is 0.0310. The minimum atomic E-state index is -4.42. The average Bonchev–Trinajstić information content (AvgIpc) is 3.40. The van der Waals surface area contributed by atoms with Gasteiger partial charge in [-0.15, -0.1) is 0 Å². The van der Waals surface area contributed by atoms with E-state index in [9.17, 15) is 22.8 Å². The predicted octanol–water partition coefficient (Wildman–Crippen LogP) is 3.41. The molecule has 12 heteroatoms. The van der Waals surface area contributed by atoms with Crippen LogP contribution in [0.25, 0.3) is 0 Å². The van der Waals surface area contributed by atoms with Crippen LogP contribution < -0.4 is 0 Å². The van der Waals surface area contributed by atoms with Crippen LogP contribution in [-0.4, -0.2) is 44.6 Å². The van der Waals surface area contributed by atoms with Gasteiger partial charge in [0, 0.05) is 31.2 Å². The summed E-state index contributed by atoms with van der Waals surface area (Å²) < 4.78 is 59.1. The van der Waals surface area contributed by atoms with Crippen molar-refractivity contribution >= 4 is 35.4 Å². The number of rotatable bonds is 4. The summed E-state index contributed by atoms with van der Waals surface area (Å²) in [5.41, 5.74) is 0.276. The van der Waals surface area contributed by atoms with E-state index < -0.39 is 29.6 Å². The molecule has 3 unspecified atom stereocenters. The topological polar surface area (TPSA) is 81.6 Å². The molecule has 3 aliphatic heterocycles. The van der Waals surface area contributed by atoms with Gasteiger partial charge in [0.25, 0.3) is 0 Å². The first-order valence-corrected chi connectivity index (χ1v) is 11.3. The molecule has 3 fully saturated rings. The molecule has 2 aromatic rings. The number of esters is 2. The van der Waals surface area contributed by atoms with E-state index >= 15 is 0 Å². The SMILES string of the molecule is O=C1OC2(CCC3CN2CC3c2nsnc2SCc2ccccc2C(F)(F)F)OC1=O. The predicted molar refractivity (Wildman–Crippen MR) is 103 cm³/mol. The summed E-state index contributed by atoms with van der Waals surface area (Å²) in [6.45, 7) is 1.03. The third kappa shape index (κ3) is 3.60. The smallest absolute Gasteiger partial charge is 0.400 e. The number of carbonyl (C=O) groups excluding carboxylic acids is 2. The lowest BCUT2D eigenvalue weighted by molar-refractivity contribution is -0.257. The Kier molecular flexibility index (Phi) is 4.98. The van der Waals surface area contributed by atoms with Crippen molar-refractivity contribution in [3.05, 3.63) is 41.1 Å². The van der Waals surface area contributed by atoms with Crippen LogP contribution in [0.5, 0.6) is 0 Å². The maximum absolute atomic E-state index is 13.3. The van der Waals surface area contributed by atoms with Crippen molar-refractivity contribution in [2.24, 2.45) is 5.92 Å². The number of hydrogen-bond donors (Lipinski definition) is 0. The molecule has 0 aliphatic carbocycles. The van der Waals surface area contributed by atoms with Crippen molar-refractivity contribution in [3.8, 4) is 0 Å². The number of thioether (sulfide) groups is 1. The summed E-state index contributed by atoms with van der Waals surface area (Å²) in [6, 6.07) is 5.50. The molecule has 1 aromatic carbocycles. The summed E-state index contributed by atoms with van der Waals surface area (Å²) in [7, 11) is 0. The fourth-order valence-corrected chi connectivity index (χ4v) is 6.26. The van der Waals surface area contributed by atoms with Crippen molar-refractivity contribution in [1.29, 1.82) is 0 Å². The standard InChI is InChI=1S/C19H16F3N3O4S2/c20-19(21,22)13-4-2-1-3-11(13)9-30-15-14(23-31-24-15)12-8-25-7-10(12)5-6-18(25)28-16(26)17(27)29-18/h1-4,10,12H,5-9H2. The number of aromatic nitrogens is 2.